The Morgan fingerprint density at radius 2 is 1.35 bits per heavy atom. The highest BCUT2D eigenvalue weighted by molar-refractivity contribution is 7.89. The van der Waals surface area contributed by atoms with Crippen LogP contribution in [0.25, 0.3) is 11.1 Å². The Morgan fingerprint density at radius 1 is 0.808 bits per heavy atom. The van der Waals surface area contributed by atoms with Crippen LogP contribution in [-0.2, 0) is 10.0 Å². The minimum absolute atomic E-state index is 0.0516. The van der Waals surface area contributed by atoms with E-state index in [0.29, 0.717) is 6.07 Å². The number of para-hydroxylation sites is 1. The smallest absolute Gasteiger partial charge is 0.402 e. The fourth-order valence-corrected chi connectivity index (χ4v) is 2.51. The van der Waals surface area contributed by atoms with Crippen molar-refractivity contribution in [2.45, 2.75) is 17.6 Å². The number of rotatable bonds is 4. The summed E-state index contributed by atoms with van der Waals surface area (Å²) >= 11 is 0. The number of ether oxygens (including phenoxy) is 2. The van der Waals surface area contributed by atoms with Crippen LogP contribution in [0.2, 0.25) is 0 Å². The van der Waals surface area contributed by atoms with Crippen molar-refractivity contribution in [3.63, 3.8) is 0 Å². The third-order valence-electron chi connectivity index (χ3n) is 2.92. The molecule has 0 saturated heterocycles. The monoisotopic (exact) mass is 401 g/mol. The molecule has 0 heterocycles. The van der Waals surface area contributed by atoms with Crippen molar-refractivity contribution < 1.29 is 44.2 Å². The second-order valence-corrected chi connectivity index (χ2v) is 6.36. The summed E-state index contributed by atoms with van der Waals surface area (Å²) < 4.78 is 105. The second kappa shape index (κ2) is 6.68. The second-order valence-electron chi connectivity index (χ2n) is 4.80. The number of sulfonamides is 1. The summed E-state index contributed by atoms with van der Waals surface area (Å²) in [6.45, 7) is 0. The van der Waals surface area contributed by atoms with Crippen molar-refractivity contribution in [3.8, 4) is 22.6 Å². The highest BCUT2D eigenvalue weighted by atomic mass is 32.2. The summed E-state index contributed by atoms with van der Waals surface area (Å²) in [6, 6.07) is 6.82. The molecule has 2 aromatic rings. The van der Waals surface area contributed by atoms with E-state index in [1.807, 2.05) is 0 Å². The lowest BCUT2D eigenvalue weighted by Crippen LogP contribution is -2.21. The number of hydrogen-bond donors (Lipinski definition) is 1. The van der Waals surface area contributed by atoms with Crippen LogP contribution in [0.3, 0.4) is 0 Å². The lowest BCUT2D eigenvalue weighted by atomic mass is 10.0. The van der Waals surface area contributed by atoms with Gasteiger partial charge in [-0.3, -0.25) is 0 Å². The van der Waals surface area contributed by atoms with Crippen molar-refractivity contribution in [2.24, 2.45) is 5.14 Å². The fourth-order valence-electron chi connectivity index (χ4n) is 1.99. The van der Waals surface area contributed by atoms with Gasteiger partial charge in [0.1, 0.15) is 0 Å². The van der Waals surface area contributed by atoms with E-state index >= 15 is 0 Å². The van der Waals surface area contributed by atoms with Gasteiger partial charge in [0.25, 0.3) is 0 Å². The minimum Gasteiger partial charge on any atom is -0.402 e. The zero-order valence-corrected chi connectivity index (χ0v) is 13.2. The van der Waals surface area contributed by atoms with Gasteiger partial charge in [0.15, 0.2) is 11.5 Å². The van der Waals surface area contributed by atoms with E-state index in [1.165, 1.54) is 0 Å². The van der Waals surface area contributed by atoms with Crippen LogP contribution in [0.4, 0.5) is 26.3 Å². The van der Waals surface area contributed by atoms with Crippen LogP contribution < -0.4 is 14.6 Å². The first kappa shape index (κ1) is 19.8. The number of benzene rings is 2. The minimum atomic E-state index is -5.29. The summed E-state index contributed by atoms with van der Waals surface area (Å²) in [4.78, 5) is -0.331. The number of nitrogens with two attached hydrogens (primary N) is 1. The van der Waals surface area contributed by atoms with Gasteiger partial charge in [-0.2, -0.15) is 0 Å². The standard InChI is InChI=1S/C14H9F6NO4S/c15-13(16,17)24-11-3-1-2-10(12(11)25-14(18,19)20)8-4-6-9(7-5-8)26(21,22)23/h1-7H,(H2,21,22,23). The predicted molar refractivity (Wildman–Crippen MR) is 76.6 cm³/mol. The number of halogens is 6. The molecule has 0 radical (unpaired) electrons. The SMILES string of the molecule is NS(=O)(=O)c1ccc(-c2cccc(OC(F)(F)F)c2OC(F)(F)F)cc1. The maximum absolute atomic E-state index is 12.6. The van der Waals surface area contributed by atoms with Gasteiger partial charge in [-0.15, -0.1) is 26.3 Å². The third kappa shape index (κ3) is 5.26. The first-order valence-electron chi connectivity index (χ1n) is 6.54. The van der Waals surface area contributed by atoms with E-state index in [-0.39, 0.29) is 10.5 Å². The molecule has 0 spiro atoms. The van der Waals surface area contributed by atoms with Crippen LogP contribution >= 0.6 is 0 Å². The molecular weight excluding hydrogens is 392 g/mol. The molecule has 0 aliphatic carbocycles. The van der Waals surface area contributed by atoms with Gasteiger partial charge in [0.2, 0.25) is 10.0 Å². The van der Waals surface area contributed by atoms with E-state index in [1.54, 1.807) is 0 Å². The van der Waals surface area contributed by atoms with Crippen molar-refractivity contribution in [1.82, 2.24) is 0 Å². The molecule has 12 heteroatoms. The molecule has 0 bridgehead atoms. The number of primary sulfonamides is 1. The Bertz CT molecular complexity index is 891. The largest absolute Gasteiger partial charge is 0.573 e. The highest BCUT2D eigenvalue weighted by Crippen LogP contribution is 2.43. The molecule has 2 N–H and O–H groups in total. The van der Waals surface area contributed by atoms with Crippen molar-refractivity contribution in [2.75, 3.05) is 0 Å². The van der Waals surface area contributed by atoms with Crippen LogP contribution in [0.1, 0.15) is 0 Å². The number of hydrogen-bond acceptors (Lipinski definition) is 4. The van der Waals surface area contributed by atoms with Crippen LogP contribution in [-0.4, -0.2) is 21.1 Å². The summed E-state index contributed by atoms with van der Waals surface area (Å²) in [5.41, 5.74) is -0.450. The molecule has 142 valence electrons. The first-order chi connectivity index (χ1) is 11.8. The van der Waals surface area contributed by atoms with E-state index in [0.717, 1.165) is 36.4 Å². The normalized spacial score (nSPS) is 12.7. The van der Waals surface area contributed by atoms with Gasteiger partial charge < -0.3 is 9.47 Å². The quantitative estimate of drug-likeness (QED) is 0.791. The Kier molecular flexibility index (Phi) is 5.10. The molecule has 0 fully saturated rings. The summed E-state index contributed by atoms with van der Waals surface area (Å²) in [5, 5.41) is 4.91. The Labute approximate surface area is 143 Å². The lowest BCUT2D eigenvalue weighted by Gasteiger charge is -2.18. The molecule has 2 aromatic carbocycles. The van der Waals surface area contributed by atoms with Gasteiger partial charge in [-0.25, -0.2) is 13.6 Å². The molecular formula is C14H9F6NO4S. The van der Waals surface area contributed by atoms with Gasteiger partial charge in [0, 0.05) is 5.56 Å². The summed E-state index contributed by atoms with van der Waals surface area (Å²) in [6.07, 6.45) is -10.5. The molecule has 2 rings (SSSR count). The molecule has 0 aromatic heterocycles. The molecule has 0 atom stereocenters. The van der Waals surface area contributed by atoms with Crippen LogP contribution in [0.5, 0.6) is 11.5 Å². The highest BCUT2D eigenvalue weighted by Gasteiger charge is 2.37. The Morgan fingerprint density at radius 3 is 1.81 bits per heavy atom. The maximum atomic E-state index is 12.6. The van der Waals surface area contributed by atoms with Crippen molar-refractivity contribution >= 4 is 10.0 Å². The molecule has 0 saturated carbocycles. The zero-order chi connectivity index (χ0) is 19.8. The fraction of sp³-hybridized carbons (Fsp3) is 0.143. The van der Waals surface area contributed by atoms with E-state index in [2.05, 4.69) is 9.47 Å². The Balaban J connectivity index is 2.58. The zero-order valence-electron chi connectivity index (χ0n) is 12.4. The van der Waals surface area contributed by atoms with Crippen molar-refractivity contribution in [3.05, 3.63) is 42.5 Å². The molecule has 0 aliphatic heterocycles. The summed E-state index contributed by atoms with van der Waals surface area (Å²) in [7, 11) is -4.06. The van der Waals surface area contributed by atoms with Gasteiger partial charge >= 0.3 is 12.7 Å². The lowest BCUT2D eigenvalue weighted by molar-refractivity contribution is -0.287. The molecule has 0 amide bonds. The van der Waals surface area contributed by atoms with Crippen LogP contribution in [0, 0.1) is 0 Å². The van der Waals surface area contributed by atoms with Gasteiger partial charge in [-0.1, -0.05) is 24.3 Å². The maximum Gasteiger partial charge on any atom is 0.573 e. The molecule has 0 unspecified atom stereocenters. The average molecular weight is 401 g/mol. The third-order valence-corrected chi connectivity index (χ3v) is 3.85. The summed E-state index contributed by atoms with van der Waals surface area (Å²) in [5.74, 6) is -2.43. The molecule has 0 aliphatic rings. The van der Waals surface area contributed by atoms with E-state index < -0.39 is 39.8 Å². The van der Waals surface area contributed by atoms with Gasteiger partial charge in [0.05, 0.1) is 4.90 Å². The van der Waals surface area contributed by atoms with Gasteiger partial charge in [-0.05, 0) is 23.8 Å². The first-order valence-corrected chi connectivity index (χ1v) is 8.09. The predicted octanol–water partition coefficient (Wildman–Crippen LogP) is 3.80. The van der Waals surface area contributed by atoms with E-state index in [4.69, 9.17) is 5.14 Å². The number of alkyl halides is 6. The topological polar surface area (TPSA) is 78.6 Å². The van der Waals surface area contributed by atoms with Crippen molar-refractivity contribution in [1.29, 1.82) is 0 Å². The van der Waals surface area contributed by atoms with E-state index in [9.17, 15) is 34.8 Å². The average Bonchev–Trinajstić information content (AvgIpc) is 2.45. The molecule has 5 nitrogen and oxygen atoms in total. The molecule has 26 heavy (non-hydrogen) atoms. The Hall–Kier alpha value is -2.47. The van der Waals surface area contributed by atoms with Crippen LogP contribution in [0.15, 0.2) is 47.4 Å².